The Morgan fingerprint density at radius 3 is 2.16 bits per heavy atom. The molecule has 0 aliphatic heterocycles. The van der Waals surface area contributed by atoms with Gasteiger partial charge < -0.3 is 19.7 Å². The predicted octanol–water partition coefficient (Wildman–Crippen LogP) is 4.45. The molecule has 0 aliphatic rings. The molecule has 0 radical (unpaired) electrons. The van der Waals surface area contributed by atoms with Crippen LogP contribution in [0.25, 0.3) is 0 Å². The van der Waals surface area contributed by atoms with Gasteiger partial charge in [0.25, 0.3) is 5.91 Å². The summed E-state index contributed by atoms with van der Waals surface area (Å²) < 4.78 is 10.8. The van der Waals surface area contributed by atoms with Crippen molar-refractivity contribution in [1.82, 2.24) is 10.2 Å². The molecule has 31 heavy (non-hydrogen) atoms. The number of amides is 2. The van der Waals surface area contributed by atoms with E-state index in [0.717, 1.165) is 12.0 Å². The van der Waals surface area contributed by atoms with Crippen molar-refractivity contribution >= 4 is 23.4 Å². The summed E-state index contributed by atoms with van der Waals surface area (Å²) in [6, 6.07) is 13.7. The summed E-state index contributed by atoms with van der Waals surface area (Å²) in [5.41, 5.74) is 0.886. The van der Waals surface area contributed by atoms with E-state index in [1.54, 1.807) is 48.4 Å². The van der Waals surface area contributed by atoms with E-state index in [1.807, 2.05) is 32.9 Å². The van der Waals surface area contributed by atoms with Gasteiger partial charge in [0, 0.05) is 17.6 Å². The van der Waals surface area contributed by atoms with Gasteiger partial charge in [0.05, 0.1) is 7.11 Å². The number of methoxy groups -OCH3 is 1. The molecule has 7 heteroatoms. The number of benzene rings is 2. The minimum absolute atomic E-state index is 0.0320. The quantitative estimate of drug-likeness (QED) is 0.553. The average molecular weight is 447 g/mol. The third kappa shape index (κ3) is 7.47. The molecule has 6 nitrogen and oxygen atoms in total. The monoisotopic (exact) mass is 446 g/mol. The summed E-state index contributed by atoms with van der Waals surface area (Å²) in [5, 5.41) is 3.61. The molecule has 0 aliphatic carbocycles. The summed E-state index contributed by atoms with van der Waals surface area (Å²) in [6.07, 6.45) is 1.30. The third-order valence-electron chi connectivity index (χ3n) is 5.07. The van der Waals surface area contributed by atoms with Crippen LogP contribution >= 0.6 is 11.6 Å². The Kier molecular flexibility index (Phi) is 9.66. The van der Waals surface area contributed by atoms with Crippen LogP contribution in [0.1, 0.15) is 39.2 Å². The lowest BCUT2D eigenvalue weighted by Crippen LogP contribution is -2.51. The van der Waals surface area contributed by atoms with E-state index in [4.69, 9.17) is 21.1 Å². The minimum atomic E-state index is -0.600. The molecule has 0 bridgehead atoms. The molecule has 2 aromatic rings. The molecular weight excluding hydrogens is 416 g/mol. The van der Waals surface area contributed by atoms with Gasteiger partial charge in [-0.2, -0.15) is 0 Å². The summed E-state index contributed by atoms with van der Waals surface area (Å²) in [5.74, 6) is 0.828. The first-order chi connectivity index (χ1) is 14.9. The fourth-order valence-corrected chi connectivity index (χ4v) is 3.17. The van der Waals surface area contributed by atoms with Gasteiger partial charge in [0.15, 0.2) is 6.61 Å². The van der Waals surface area contributed by atoms with Gasteiger partial charge in [-0.25, -0.2) is 0 Å². The molecule has 2 atom stereocenters. The fraction of sp³-hybridized carbons (Fsp3) is 0.417. The first-order valence-electron chi connectivity index (χ1n) is 10.5. The molecule has 0 heterocycles. The largest absolute Gasteiger partial charge is 0.497 e. The van der Waals surface area contributed by atoms with E-state index in [1.165, 1.54) is 0 Å². The molecular formula is C24H31ClN2O4. The van der Waals surface area contributed by atoms with Crippen LogP contribution in [0.5, 0.6) is 11.5 Å². The molecule has 2 aromatic carbocycles. The Labute approximate surface area is 189 Å². The second kappa shape index (κ2) is 12.2. The Balaban J connectivity index is 2.18. The van der Waals surface area contributed by atoms with Gasteiger partial charge in [0.2, 0.25) is 5.91 Å². The van der Waals surface area contributed by atoms with Crippen LogP contribution in [0.4, 0.5) is 0 Å². The predicted molar refractivity (Wildman–Crippen MR) is 122 cm³/mol. The molecule has 1 N–H and O–H groups in total. The minimum Gasteiger partial charge on any atom is -0.497 e. The van der Waals surface area contributed by atoms with Crippen LogP contribution in [0.2, 0.25) is 5.02 Å². The van der Waals surface area contributed by atoms with E-state index >= 15 is 0 Å². The zero-order valence-corrected chi connectivity index (χ0v) is 19.3. The standard InChI is InChI=1S/C24H31ClN2O4/c1-5-17(3)26-24(29)22(6-2)27(15-18-7-9-19(25)10-8-18)23(28)16-31-21-13-11-20(30-4)12-14-21/h7-14,17,22H,5-6,15-16H2,1-4H3,(H,26,29)/t17-,22+/m0/s1. The SMILES string of the molecule is CC[C@H](C(=O)N[C@@H](C)CC)N(Cc1ccc(Cl)cc1)C(=O)COc1ccc(OC)cc1. The number of hydrogen-bond acceptors (Lipinski definition) is 4. The molecule has 2 rings (SSSR count). The van der Waals surface area contributed by atoms with Crippen molar-refractivity contribution < 1.29 is 19.1 Å². The molecule has 0 unspecified atom stereocenters. The highest BCUT2D eigenvalue weighted by atomic mass is 35.5. The maximum absolute atomic E-state index is 13.1. The lowest BCUT2D eigenvalue weighted by Gasteiger charge is -2.31. The zero-order valence-electron chi connectivity index (χ0n) is 18.6. The van der Waals surface area contributed by atoms with Gasteiger partial charge in [-0.15, -0.1) is 0 Å². The summed E-state index contributed by atoms with van der Waals surface area (Å²) >= 11 is 5.99. The van der Waals surface area contributed by atoms with Gasteiger partial charge in [0.1, 0.15) is 17.5 Å². The van der Waals surface area contributed by atoms with Crippen molar-refractivity contribution in [2.24, 2.45) is 0 Å². The normalized spacial score (nSPS) is 12.5. The van der Waals surface area contributed by atoms with Crippen molar-refractivity contribution in [1.29, 1.82) is 0 Å². The molecule has 0 spiro atoms. The van der Waals surface area contributed by atoms with Crippen molar-refractivity contribution in [3.8, 4) is 11.5 Å². The van der Waals surface area contributed by atoms with Crippen LogP contribution < -0.4 is 14.8 Å². The average Bonchev–Trinajstić information content (AvgIpc) is 2.78. The number of nitrogens with one attached hydrogen (secondary N) is 1. The number of nitrogens with zero attached hydrogens (tertiary/aromatic N) is 1. The Hall–Kier alpha value is -2.73. The van der Waals surface area contributed by atoms with Crippen LogP contribution in [0, 0.1) is 0 Å². The smallest absolute Gasteiger partial charge is 0.261 e. The second-order valence-electron chi connectivity index (χ2n) is 7.35. The summed E-state index contributed by atoms with van der Waals surface area (Å²) in [7, 11) is 1.59. The highest BCUT2D eigenvalue weighted by molar-refractivity contribution is 6.30. The summed E-state index contributed by atoms with van der Waals surface area (Å²) in [4.78, 5) is 27.6. The highest BCUT2D eigenvalue weighted by Crippen LogP contribution is 2.19. The van der Waals surface area contributed by atoms with Crippen LogP contribution in [0.3, 0.4) is 0 Å². The lowest BCUT2D eigenvalue weighted by atomic mass is 10.1. The van der Waals surface area contributed by atoms with Gasteiger partial charge in [-0.3, -0.25) is 9.59 Å². The van der Waals surface area contributed by atoms with Crippen LogP contribution in [-0.2, 0) is 16.1 Å². The van der Waals surface area contributed by atoms with Gasteiger partial charge in [-0.05, 0) is 61.7 Å². The van der Waals surface area contributed by atoms with Gasteiger partial charge in [-0.1, -0.05) is 37.6 Å². The van der Waals surface area contributed by atoms with E-state index in [2.05, 4.69) is 5.32 Å². The molecule has 2 amide bonds. The maximum atomic E-state index is 13.1. The Morgan fingerprint density at radius 2 is 1.61 bits per heavy atom. The Morgan fingerprint density at radius 1 is 1.00 bits per heavy atom. The number of carbonyl (C=O) groups excluding carboxylic acids is 2. The first-order valence-corrected chi connectivity index (χ1v) is 10.9. The molecule has 168 valence electrons. The topological polar surface area (TPSA) is 67.9 Å². The number of ether oxygens (including phenoxy) is 2. The van der Waals surface area contributed by atoms with Crippen LogP contribution in [0.15, 0.2) is 48.5 Å². The van der Waals surface area contributed by atoms with E-state index < -0.39 is 6.04 Å². The third-order valence-corrected chi connectivity index (χ3v) is 5.33. The highest BCUT2D eigenvalue weighted by Gasteiger charge is 2.29. The zero-order chi connectivity index (χ0) is 22.8. The Bertz CT molecular complexity index is 840. The molecule has 0 saturated carbocycles. The number of hydrogen-bond donors (Lipinski definition) is 1. The van der Waals surface area contributed by atoms with Crippen molar-refractivity contribution in [3.05, 3.63) is 59.1 Å². The molecule has 0 fully saturated rings. The van der Waals surface area contributed by atoms with E-state index in [0.29, 0.717) is 22.9 Å². The van der Waals surface area contributed by atoms with E-state index in [9.17, 15) is 9.59 Å². The van der Waals surface area contributed by atoms with Crippen molar-refractivity contribution in [2.45, 2.75) is 52.2 Å². The number of carbonyl (C=O) groups is 2. The number of halogens is 1. The van der Waals surface area contributed by atoms with Crippen molar-refractivity contribution in [3.63, 3.8) is 0 Å². The first kappa shape index (κ1) is 24.5. The van der Waals surface area contributed by atoms with Crippen molar-refractivity contribution in [2.75, 3.05) is 13.7 Å². The van der Waals surface area contributed by atoms with Gasteiger partial charge >= 0.3 is 0 Å². The fourth-order valence-electron chi connectivity index (χ4n) is 3.05. The number of rotatable bonds is 11. The van der Waals surface area contributed by atoms with Crippen LogP contribution in [-0.4, -0.2) is 42.5 Å². The lowest BCUT2D eigenvalue weighted by molar-refractivity contribution is -0.143. The van der Waals surface area contributed by atoms with E-state index in [-0.39, 0.29) is 31.0 Å². The maximum Gasteiger partial charge on any atom is 0.261 e. The second-order valence-corrected chi connectivity index (χ2v) is 7.79. The molecule has 0 aromatic heterocycles. The summed E-state index contributed by atoms with van der Waals surface area (Å²) in [6.45, 7) is 5.96. The molecule has 0 saturated heterocycles.